The van der Waals surface area contributed by atoms with E-state index in [1.807, 2.05) is 30.3 Å². The largest absolute Gasteiger partial charge is 0.472 e. The van der Waals surface area contributed by atoms with Crippen molar-refractivity contribution < 1.29 is 19.1 Å². The van der Waals surface area contributed by atoms with Crippen molar-refractivity contribution in [1.82, 2.24) is 20.0 Å². The summed E-state index contributed by atoms with van der Waals surface area (Å²) in [5.74, 6) is -0.343. The second-order valence-corrected chi connectivity index (χ2v) is 9.75. The number of carbonyl (C=O) groups excluding carboxylic acids is 3. The van der Waals surface area contributed by atoms with Gasteiger partial charge in [0.2, 0.25) is 5.88 Å². The van der Waals surface area contributed by atoms with Gasteiger partial charge >= 0.3 is 0 Å². The van der Waals surface area contributed by atoms with E-state index in [1.54, 1.807) is 28.9 Å². The molecule has 0 saturated heterocycles. The Morgan fingerprint density at radius 1 is 1.03 bits per heavy atom. The quantitative estimate of drug-likeness (QED) is 0.304. The smallest absolute Gasteiger partial charge is 0.261 e. The van der Waals surface area contributed by atoms with Gasteiger partial charge < -0.3 is 10.1 Å². The molecule has 3 amide bonds. The number of ether oxygens (including phenoxy) is 1. The third-order valence-electron chi connectivity index (χ3n) is 7.41. The number of fused-ring (bicyclic) bond motifs is 1. The van der Waals surface area contributed by atoms with Gasteiger partial charge in [-0.2, -0.15) is 5.10 Å². The molecule has 1 N–H and O–H groups in total. The summed E-state index contributed by atoms with van der Waals surface area (Å²) < 4.78 is 7.72. The molecule has 3 aromatic rings. The van der Waals surface area contributed by atoms with E-state index >= 15 is 0 Å². The van der Waals surface area contributed by atoms with Crippen molar-refractivity contribution in [2.75, 3.05) is 6.54 Å². The summed E-state index contributed by atoms with van der Waals surface area (Å²) in [6.07, 6.45) is 6.15. The van der Waals surface area contributed by atoms with Crippen LogP contribution in [0.5, 0.6) is 5.88 Å². The van der Waals surface area contributed by atoms with Gasteiger partial charge in [0.05, 0.1) is 29.9 Å². The van der Waals surface area contributed by atoms with E-state index in [2.05, 4.69) is 36.1 Å². The van der Waals surface area contributed by atoms with Crippen molar-refractivity contribution in [3.05, 3.63) is 100 Å². The van der Waals surface area contributed by atoms with E-state index in [-0.39, 0.29) is 43.5 Å². The average molecular weight is 525 g/mol. The van der Waals surface area contributed by atoms with Crippen LogP contribution in [-0.2, 0) is 13.2 Å². The lowest BCUT2D eigenvalue weighted by Gasteiger charge is -2.29. The second-order valence-electron chi connectivity index (χ2n) is 9.75. The van der Waals surface area contributed by atoms with Crippen LogP contribution in [0, 0.1) is 5.92 Å². The Morgan fingerprint density at radius 3 is 2.38 bits per heavy atom. The summed E-state index contributed by atoms with van der Waals surface area (Å²) in [5.41, 5.74) is 6.46. The molecule has 39 heavy (non-hydrogen) atoms. The predicted octanol–water partition coefficient (Wildman–Crippen LogP) is 4.78. The SMILES string of the molecule is CCC1=C=CCC(CC)C1NC(=O)c1cnn(CCN2C(=O)c3ccccc3C2=O)c1OCc1ccccc1. The Hall–Kier alpha value is -4.42. The van der Waals surface area contributed by atoms with E-state index in [1.165, 1.54) is 11.1 Å². The first kappa shape index (κ1) is 26.2. The van der Waals surface area contributed by atoms with Crippen molar-refractivity contribution in [3.8, 4) is 5.88 Å². The van der Waals surface area contributed by atoms with Crippen LogP contribution in [0.1, 0.15) is 69.7 Å². The Bertz CT molecular complexity index is 1420. The molecule has 8 heteroatoms. The highest BCUT2D eigenvalue weighted by Gasteiger charge is 2.35. The number of benzene rings is 2. The molecular formula is C31H32N4O4. The van der Waals surface area contributed by atoms with Gasteiger partial charge in [0.25, 0.3) is 17.7 Å². The highest BCUT2D eigenvalue weighted by molar-refractivity contribution is 6.21. The van der Waals surface area contributed by atoms with Crippen molar-refractivity contribution in [2.24, 2.45) is 5.92 Å². The van der Waals surface area contributed by atoms with Crippen LogP contribution in [0.4, 0.5) is 0 Å². The molecule has 0 spiro atoms. The molecule has 0 bridgehead atoms. The highest BCUT2D eigenvalue weighted by Crippen LogP contribution is 2.28. The zero-order valence-electron chi connectivity index (χ0n) is 22.2. The monoisotopic (exact) mass is 524 g/mol. The molecule has 1 aromatic heterocycles. The molecule has 2 unspecified atom stereocenters. The van der Waals surface area contributed by atoms with Gasteiger partial charge in [0.15, 0.2) is 0 Å². The maximum Gasteiger partial charge on any atom is 0.261 e. The molecule has 8 nitrogen and oxygen atoms in total. The molecule has 5 rings (SSSR count). The number of aromatic nitrogens is 2. The Balaban J connectivity index is 1.38. The molecule has 200 valence electrons. The van der Waals surface area contributed by atoms with Crippen molar-refractivity contribution >= 4 is 17.7 Å². The minimum absolute atomic E-state index is 0.102. The fourth-order valence-electron chi connectivity index (χ4n) is 5.20. The highest BCUT2D eigenvalue weighted by atomic mass is 16.5. The molecule has 1 aliphatic heterocycles. The van der Waals surface area contributed by atoms with E-state index < -0.39 is 0 Å². The maximum absolute atomic E-state index is 13.6. The van der Waals surface area contributed by atoms with Gasteiger partial charge in [0, 0.05) is 6.54 Å². The number of hydrogen-bond donors (Lipinski definition) is 1. The fraction of sp³-hybridized carbons (Fsp3) is 0.323. The van der Waals surface area contributed by atoms with Crippen LogP contribution in [0.2, 0.25) is 0 Å². The molecule has 0 saturated carbocycles. The summed E-state index contributed by atoms with van der Waals surface area (Å²) in [6.45, 7) is 4.72. The lowest BCUT2D eigenvalue weighted by molar-refractivity contribution is 0.0644. The topological polar surface area (TPSA) is 93.5 Å². The molecule has 2 heterocycles. The van der Waals surface area contributed by atoms with E-state index in [9.17, 15) is 14.4 Å². The number of hydrogen-bond acceptors (Lipinski definition) is 5. The van der Waals surface area contributed by atoms with Crippen molar-refractivity contribution in [3.63, 3.8) is 0 Å². The Morgan fingerprint density at radius 2 is 1.72 bits per heavy atom. The van der Waals surface area contributed by atoms with Crippen LogP contribution in [0.15, 0.2) is 78.2 Å². The van der Waals surface area contributed by atoms with Gasteiger partial charge in [-0.1, -0.05) is 62.7 Å². The number of rotatable bonds is 10. The van der Waals surface area contributed by atoms with Crippen molar-refractivity contribution in [1.29, 1.82) is 0 Å². The average Bonchev–Trinajstić information content (AvgIpc) is 3.49. The van der Waals surface area contributed by atoms with Gasteiger partial charge in [-0.05, 0) is 48.1 Å². The zero-order valence-corrected chi connectivity index (χ0v) is 22.2. The molecule has 2 aliphatic rings. The number of nitrogens with one attached hydrogen (secondary N) is 1. The summed E-state index contributed by atoms with van der Waals surface area (Å²) in [4.78, 5) is 40.5. The van der Waals surface area contributed by atoms with Gasteiger partial charge in [-0.15, -0.1) is 5.73 Å². The Kier molecular flexibility index (Phi) is 7.75. The van der Waals surface area contributed by atoms with Crippen LogP contribution < -0.4 is 10.1 Å². The maximum atomic E-state index is 13.6. The number of carbonyl (C=O) groups is 3. The van der Waals surface area contributed by atoms with Gasteiger partial charge in [-0.25, -0.2) is 4.68 Å². The third kappa shape index (κ3) is 5.29. The summed E-state index contributed by atoms with van der Waals surface area (Å²) in [6, 6.07) is 16.3. The van der Waals surface area contributed by atoms with E-state index in [0.29, 0.717) is 28.5 Å². The lowest BCUT2D eigenvalue weighted by Crippen LogP contribution is -2.42. The minimum Gasteiger partial charge on any atom is -0.472 e. The Labute approximate surface area is 228 Å². The summed E-state index contributed by atoms with van der Waals surface area (Å²) >= 11 is 0. The first-order valence-electron chi connectivity index (χ1n) is 13.4. The normalized spacial score (nSPS) is 18.2. The minimum atomic E-state index is -0.331. The first-order valence-corrected chi connectivity index (χ1v) is 13.4. The number of amides is 3. The van der Waals surface area contributed by atoms with Crippen molar-refractivity contribution in [2.45, 2.75) is 52.3 Å². The number of nitrogens with zero attached hydrogens (tertiary/aromatic N) is 3. The van der Waals surface area contributed by atoms with Crippen LogP contribution in [-0.4, -0.2) is 45.0 Å². The number of imide groups is 1. The fourth-order valence-corrected chi connectivity index (χ4v) is 5.20. The zero-order chi connectivity index (χ0) is 27.4. The lowest BCUT2D eigenvalue weighted by atomic mass is 9.84. The van der Waals surface area contributed by atoms with Gasteiger partial charge in [-0.3, -0.25) is 19.3 Å². The standard InChI is InChI=1S/C31H32N4O4/c1-3-22-13-10-14-23(4-2)27(22)33-28(36)26-19-32-35(31(26)39-20-21-11-6-5-7-12-21)18-17-34-29(37)24-15-8-9-16-25(24)30(34)38/h5-12,15-16,19,22,27H,3-4,13,17-18,20H2,1-2H3,(H,33,36). The van der Waals surface area contributed by atoms with Crippen LogP contribution in [0.3, 0.4) is 0 Å². The molecule has 1 aliphatic carbocycles. The second kappa shape index (κ2) is 11.5. The molecule has 2 aromatic carbocycles. The first-order chi connectivity index (χ1) is 19.0. The molecule has 0 fully saturated rings. The summed E-state index contributed by atoms with van der Waals surface area (Å²) in [5, 5.41) is 7.64. The van der Waals surface area contributed by atoms with Crippen LogP contribution >= 0.6 is 0 Å². The summed E-state index contributed by atoms with van der Waals surface area (Å²) in [7, 11) is 0. The molecular weight excluding hydrogens is 492 g/mol. The van der Waals surface area contributed by atoms with E-state index in [0.717, 1.165) is 30.4 Å². The third-order valence-corrected chi connectivity index (χ3v) is 7.41. The predicted molar refractivity (Wildman–Crippen MR) is 146 cm³/mol. The van der Waals surface area contributed by atoms with Gasteiger partial charge in [0.1, 0.15) is 12.2 Å². The van der Waals surface area contributed by atoms with Crippen LogP contribution in [0.25, 0.3) is 0 Å². The van der Waals surface area contributed by atoms with E-state index in [4.69, 9.17) is 4.74 Å². The molecule has 0 radical (unpaired) electrons. The molecule has 2 atom stereocenters.